The predicted molar refractivity (Wildman–Crippen MR) is 77.8 cm³/mol. The van der Waals surface area contributed by atoms with Gasteiger partial charge in [-0.05, 0) is 35.2 Å². The Hall–Kier alpha value is -1.38. The lowest BCUT2D eigenvalue weighted by atomic mass is 10.1. The molecule has 0 aliphatic heterocycles. The second-order valence-corrected chi connectivity index (χ2v) is 4.87. The second-order valence-electron chi connectivity index (χ2n) is 4.46. The number of benzene rings is 2. The van der Waals surface area contributed by atoms with Gasteiger partial charge in [0.15, 0.2) is 0 Å². The van der Waals surface area contributed by atoms with Crippen LogP contribution in [0.5, 0.6) is 0 Å². The first-order valence-electron chi connectivity index (χ1n) is 6.42. The number of hydrogen-bond donors (Lipinski definition) is 1. The molecule has 19 heavy (non-hydrogen) atoms. The summed E-state index contributed by atoms with van der Waals surface area (Å²) >= 11 is 5.99. The highest BCUT2D eigenvalue weighted by molar-refractivity contribution is 6.31. The van der Waals surface area contributed by atoms with E-state index in [1.54, 1.807) is 6.07 Å². The van der Waals surface area contributed by atoms with Gasteiger partial charge in [-0.15, -0.1) is 0 Å². The Balaban J connectivity index is 1.96. The topological polar surface area (TPSA) is 12.0 Å². The Morgan fingerprint density at radius 2 is 1.68 bits per heavy atom. The van der Waals surface area contributed by atoms with Gasteiger partial charge in [0.1, 0.15) is 5.82 Å². The van der Waals surface area contributed by atoms with Gasteiger partial charge in [-0.2, -0.15) is 0 Å². The van der Waals surface area contributed by atoms with Crippen molar-refractivity contribution >= 4 is 11.6 Å². The van der Waals surface area contributed by atoms with E-state index in [0.29, 0.717) is 11.6 Å². The largest absolute Gasteiger partial charge is 0.309 e. The maximum atomic E-state index is 12.9. The van der Waals surface area contributed by atoms with Gasteiger partial charge in [-0.25, -0.2) is 4.39 Å². The summed E-state index contributed by atoms with van der Waals surface area (Å²) in [6.07, 6.45) is 1.02. The average molecular weight is 278 g/mol. The van der Waals surface area contributed by atoms with Gasteiger partial charge < -0.3 is 5.32 Å². The van der Waals surface area contributed by atoms with E-state index in [1.165, 1.54) is 23.3 Å². The van der Waals surface area contributed by atoms with Gasteiger partial charge in [0.2, 0.25) is 0 Å². The van der Waals surface area contributed by atoms with Crippen LogP contribution in [-0.2, 0) is 19.5 Å². The Morgan fingerprint density at radius 3 is 2.37 bits per heavy atom. The van der Waals surface area contributed by atoms with Gasteiger partial charge in [-0.3, -0.25) is 0 Å². The first-order chi connectivity index (χ1) is 9.20. The molecule has 100 valence electrons. The highest BCUT2D eigenvalue weighted by atomic mass is 35.5. The van der Waals surface area contributed by atoms with Crippen molar-refractivity contribution < 1.29 is 4.39 Å². The summed E-state index contributed by atoms with van der Waals surface area (Å²) in [6.45, 7) is 3.57. The maximum Gasteiger partial charge on any atom is 0.124 e. The van der Waals surface area contributed by atoms with Crippen LogP contribution in [0.4, 0.5) is 4.39 Å². The molecule has 0 aromatic heterocycles. The molecule has 0 saturated heterocycles. The monoisotopic (exact) mass is 277 g/mol. The zero-order valence-electron chi connectivity index (χ0n) is 10.9. The van der Waals surface area contributed by atoms with E-state index in [-0.39, 0.29) is 5.82 Å². The van der Waals surface area contributed by atoms with Crippen LogP contribution in [0.15, 0.2) is 42.5 Å². The van der Waals surface area contributed by atoms with E-state index in [9.17, 15) is 4.39 Å². The second kappa shape index (κ2) is 6.69. The Bertz CT molecular complexity index is 554. The highest BCUT2D eigenvalue weighted by Gasteiger charge is 2.03. The molecule has 0 bridgehead atoms. The summed E-state index contributed by atoms with van der Waals surface area (Å²) in [5, 5.41) is 3.81. The normalized spacial score (nSPS) is 10.7. The minimum Gasteiger partial charge on any atom is -0.309 e. The molecule has 2 rings (SSSR count). The van der Waals surface area contributed by atoms with Crippen LogP contribution in [0.2, 0.25) is 5.02 Å². The predicted octanol–water partition coefficient (Wildman–Crippen LogP) is 4.33. The fourth-order valence-electron chi connectivity index (χ4n) is 2.07. The molecular weight excluding hydrogens is 261 g/mol. The molecular formula is C16H17ClFN. The van der Waals surface area contributed by atoms with Crippen LogP contribution < -0.4 is 5.32 Å². The molecule has 0 aliphatic carbocycles. The van der Waals surface area contributed by atoms with E-state index in [2.05, 4.69) is 30.4 Å². The van der Waals surface area contributed by atoms with Gasteiger partial charge in [0, 0.05) is 18.1 Å². The molecule has 0 heterocycles. The Kier molecular flexibility index (Phi) is 4.94. The summed E-state index contributed by atoms with van der Waals surface area (Å²) in [4.78, 5) is 0. The van der Waals surface area contributed by atoms with Gasteiger partial charge in [-0.1, -0.05) is 48.9 Å². The van der Waals surface area contributed by atoms with Crippen LogP contribution >= 0.6 is 11.6 Å². The third kappa shape index (κ3) is 3.79. The molecule has 0 amide bonds. The van der Waals surface area contributed by atoms with E-state index in [1.807, 2.05) is 6.07 Å². The molecule has 0 radical (unpaired) electrons. The van der Waals surface area contributed by atoms with Crippen molar-refractivity contribution in [3.8, 4) is 0 Å². The molecule has 3 heteroatoms. The van der Waals surface area contributed by atoms with Crippen LogP contribution in [0.25, 0.3) is 0 Å². The molecule has 2 aromatic carbocycles. The van der Waals surface area contributed by atoms with Gasteiger partial charge >= 0.3 is 0 Å². The Morgan fingerprint density at radius 1 is 1.00 bits per heavy atom. The molecule has 0 atom stereocenters. The minimum atomic E-state index is -0.301. The van der Waals surface area contributed by atoms with Crippen molar-refractivity contribution in [3.05, 3.63) is 70.0 Å². The third-order valence-electron chi connectivity index (χ3n) is 3.15. The molecule has 0 aliphatic rings. The zero-order valence-corrected chi connectivity index (χ0v) is 11.7. The standard InChI is InChI=1S/C16H17ClFN/c1-2-12-5-3-4-6-13(12)10-19-11-14-7-8-15(18)9-16(14)17/h3-9,19H,2,10-11H2,1H3. The summed E-state index contributed by atoms with van der Waals surface area (Å²) in [5.41, 5.74) is 3.56. The highest BCUT2D eigenvalue weighted by Crippen LogP contribution is 2.17. The molecule has 0 spiro atoms. The Labute approximate surface area is 118 Å². The van der Waals surface area contributed by atoms with Crippen molar-refractivity contribution in [2.24, 2.45) is 0 Å². The van der Waals surface area contributed by atoms with Crippen molar-refractivity contribution in [1.29, 1.82) is 0 Å². The molecule has 0 unspecified atom stereocenters. The molecule has 1 nitrogen and oxygen atoms in total. The minimum absolute atomic E-state index is 0.301. The summed E-state index contributed by atoms with van der Waals surface area (Å²) < 4.78 is 12.9. The quantitative estimate of drug-likeness (QED) is 0.858. The lowest BCUT2D eigenvalue weighted by Gasteiger charge is -2.10. The number of hydrogen-bond acceptors (Lipinski definition) is 1. The maximum absolute atomic E-state index is 12.9. The van der Waals surface area contributed by atoms with Crippen molar-refractivity contribution in [2.45, 2.75) is 26.4 Å². The molecule has 0 saturated carbocycles. The van der Waals surface area contributed by atoms with Crippen LogP contribution in [0.1, 0.15) is 23.6 Å². The van der Waals surface area contributed by atoms with Crippen LogP contribution in [-0.4, -0.2) is 0 Å². The summed E-state index contributed by atoms with van der Waals surface area (Å²) in [7, 11) is 0. The number of aryl methyl sites for hydroxylation is 1. The summed E-state index contributed by atoms with van der Waals surface area (Å²) in [5.74, 6) is -0.301. The van der Waals surface area contributed by atoms with Crippen molar-refractivity contribution in [2.75, 3.05) is 0 Å². The molecule has 2 aromatic rings. The lowest BCUT2D eigenvalue weighted by Crippen LogP contribution is -2.14. The van der Waals surface area contributed by atoms with Crippen LogP contribution in [0, 0.1) is 5.82 Å². The average Bonchev–Trinajstić information content (AvgIpc) is 2.42. The fourth-order valence-corrected chi connectivity index (χ4v) is 2.31. The zero-order chi connectivity index (χ0) is 13.7. The van der Waals surface area contributed by atoms with E-state index >= 15 is 0 Å². The third-order valence-corrected chi connectivity index (χ3v) is 3.50. The van der Waals surface area contributed by atoms with Crippen molar-refractivity contribution in [3.63, 3.8) is 0 Å². The number of halogens is 2. The number of rotatable bonds is 5. The lowest BCUT2D eigenvalue weighted by molar-refractivity contribution is 0.625. The van der Waals surface area contributed by atoms with E-state index in [4.69, 9.17) is 11.6 Å². The fraction of sp³-hybridized carbons (Fsp3) is 0.250. The van der Waals surface area contributed by atoms with Crippen LogP contribution in [0.3, 0.4) is 0 Å². The first-order valence-corrected chi connectivity index (χ1v) is 6.80. The SMILES string of the molecule is CCc1ccccc1CNCc1ccc(F)cc1Cl. The van der Waals surface area contributed by atoms with E-state index in [0.717, 1.165) is 18.5 Å². The van der Waals surface area contributed by atoms with E-state index < -0.39 is 0 Å². The van der Waals surface area contributed by atoms with Crippen molar-refractivity contribution in [1.82, 2.24) is 5.32 Å². The summed E-state index contributed by atoms with van der Waals surface area (Å²) in [6, 6.07) is 12.9. The van der Waals surface area contributed by atoms with Gasteiger partial charge in [0.05, 0.1) is 0 Å². The molecule has 0 fully saturated rings. The smallest absolute Gasteiger partial charge is 0.124 e. The van der Waals surface area contributed by atoms with Gasteiger partial charge in [0.25, 0.3) is 0 Å². The number of nitrogens with one attached hydrogen (secondary N) is 1. The molecule has 1 N–H and O–H groups in total. The first kappa shape index (κ1) is 14.0.